The van der Waals surface area contributed by atoms with Gasteiger partial charge in [0.2, 0.25) is 5.91 Å². The first kappa shape index (κ1) is 17.2. The van der Waals surface area contributed by atoms with E-state index in [2.05, 4.69) is 53.0 Å². The third kappa shape index (κ3) is 5.63. The predicted octanol–water partition coefficient (Wildman–Crippen LogP) is 4.07. The van der Waals surface area contributed by atoms with Gasteiger partial charge in [0.25, 0.3) is 0 Å². The molecular weight excluding hydrogens is 316 g/mol. The molecule has 0 bridgehead atoms. The molecule has 0 heterocycles. The fraction of sp³-hybridized carbons (Fsp3) is 0.562. The van der Waals surface area contributed by atoms with Crippen LogP contribution < -0.4 is 5.32 Å². The standard InChI is InChI=1S/C16H25BrN2O/c1-4-13-9-10-14(17)15(12-13)18-16(20)8-7-11-19(5-2)6-3/h9-10,12H,4-8,11H2,1-3H3,(H,18,20). The number of hydrogen-bond acceptors (Lipinski definition) is 2. The lowest BCUT2D eigenvalue weighted by atomic mass is 10.1. The van der Waals surface area contributed by atoms with Crippen LogP contribution in [0.15, 0.2) is 22.7 Å². The van der Waals surface area contributed by atoms with E-state index in [0.29, 0.717) is 6.42 Å². The van der Waals surface area contributed by atoms with E-state index < -0.39 is 0 Å². The summed E-state index contributed by atoms with van der Waals surface area (Å²) in [6.07, 6.45) is 2.44. The van der Waals surface area contributed by atoms with Crippen molar-refractivity contribution in [3.05, 3.63) is 28.2 Å². The summed E-state index contributed by atoms with van der Waals surface area (Å²) in [7, 11) is 0. The summed E-state index contributed by atoms with van der Waals surface area (Å²) in [5, 5.41) is 2.99. The highest BCUT2D eigenvalue weighted by Gasteiger charge is 2.07. The number of benzene rings is 1. The van der Waals surface area contributed by atoms with Gasteiger partial charge >= 0.3 is 0 Å². The zero-order valence-electron chi connectivity index (χ0n) is 12.7. The van der Waals surface area contributed by atoms with Gasteiger partial charge in [-0.3, -0.25) is 4.79 Å². The Hall–Kier alpha value is -0.870. The van der Waals surface area contributed by atoms with Crippen molar-refractivity contribution >= 4 is 27.5 Å². The van der Waals surface area contributed by atoms with E-state index in [0.717, 1.165) is 42.6 Å². The molecule has 0 saturated heterocycles. The molecule has 0 atom stereocenters. The van der Waals surface area contributed by atoms with E-state index in [9.17, 15) is 4.79 Å². The Morgan fingerprint density at radius 3 is 2.55 bits per heavy atom. The number of hydrogen-bond donors (Lipinski definition) is 1. The summed E-state index contributed by atoms with van der Waals surface area (Å²) in [4.78, 5) is 14.3. The molecule has 1 N–H and O–H groups in total. The highest BCUT2D eigenvalue weighted by atomic mass is 79.9. The van der Waals surface area contributed by atoms with Crippen LogP contribution in [0.25, 0.3) is 0 Å². The normalized spacial score (nSPS) is 10.8. The summed E-state index contributed by atoms with van der Waals surface area (Å²) in [5.74, 6) is 0.0890. The van der Waals surface area contributed by atoms with Gasteiger partial charge in [-0.1, -0.05) is 26.8 Å². The zero-order chi connectivity index (χ0) is 15.0. The number of carbonyl (C=O) groups is 1. The van der Waals surface area contributed by atoms with Crippen molar-refractivity contribution in [2.45, 2.75) is 40.0 Å². The fourth-order valence-electron chi connectivity index (χ4n) is 2.10. The number of carbonyl (C=O) groups excluding carboxylic acids is 1. The number of aryl methyl sites for hydroxylation is 1. The number of rotatable bonds is 8. The third-order valence-corrected chi connectivity index (χ3v) is 4.18. The summed E-state index contributed by atoms with van der Waals surface area (Å²) >= 11 is 3.48. The summed E-state index contributed by atoms with van der Waals surface area (Å²) < 4.78 is 0.937. The Morgan fingerprint density at radius 1 is 1.25 bits per heavy atom. The second kappa shape index (κ2) is 9.14. The average Bonchev–Trinajstić information content (AvgIpc) is 2.46. The molecule has 0 aliphatic carbocycles. The van der Waals surface area contributed by atoms with Crippen molar-refractivity contribution in [1.82, 2.24) is 4.90 Å². The first-order chi connectivity index (χ1) is 9.60. The van der Waals surface area contributed by atoms with Gasteiger partial charge in [-0.15, -0.1) is 0 Å². The Kier molecular flexibility index (Phi) is 7.85. The van der Waals surface area contributed by atoms with Gasteiger partial charge in [0.15, 0.2) is 0 Å². The van der Waals surface area contributed by atoms with Crippen LogP contribution in [0.3, 0.4) is 0 Å². The van der Waals surface area contributed by atoms with Crippen LogP contribution in [-0.2, 0) is 11.2 Å². The summed E-state index contributed by atoms with van der Waals surface area (Å²) in [6, 6.07) is 6.09. The van der Waals surface area contributed by atoms with Gasteiger partial charge in [-0.05, 0) is 66.1 Å². The quantitative estimate of drug-likeness (QED) is 0.773. The van der Waals surface area contributed by atoms with Gasteiger partial charge in [-0.25, -0.2) is 0 Å². The zero-order valence-corrected chi connectivity index (χ0v) is 14.3. The van der Waals surface area contributed by atoms with E-state index in [1.807, 2.05) is 12.1 Å². The van der Waals surface area contributed by atoms with Gasteiger partial charge in [0.05, 0.1) is 5.69 Å². The first-order valence-corrected chi connectivity index (χ1v) is 8.20. The minimum absolute atomic E-state index is 0.0890. The lowest BCUT2D eigenvalue weighted by Gasteiger charge is -2.17. The van der Waals surface area contributed by atoms with Gasteiger partial charge in [0, 0.05) is 10.9 Å². The molecule has 0 aliphatic heterocycles. The van der Waals surface area contributed by atoms with E-state index in [-0.39, 0.29) is 5.91 Å². The fourth-order valence-corrected chi connectivity index (χ4v) is 2.45. The number of nitrogens with one attached hydrogen (secondary N) is 1. The molecule has 1 aromatic rings. The van der Waals surface area contributed by atoms with Crippen LogP contribution in [0.4, 0.5) is 5.69 Å². The van der Waals surface area contributed by atoms with Crippen LogP contribution in [-0.4, -0.2) is 30.4 Å². The van der Waals surface area contributed by atoms with Crippen molar-refractivity contribution in [2.24, 2.45) is 0 Å². The SMILES string of the molecule is CCc1ccc(Br)c(NC(=O)CCCN(CC)CC)c1. The van der Waals surface area contributed by atoms with Gasteiger partial charge in [0.1, 0.15) is 0 Å². The van der Waals surface area contributed by atoms with Crippen LogP contribution in [0, 0.1) is 0 Å². The molecule has 0 fully saturated rings. The molecule has 1 aromatic carbocycles. The maximum Gasteiger partial charge on any atom is 0.224 e. The topological polar surface area (TPSA) is 32.3 Å². The lowest BCUT2D eigenvalue weighted by molar-refractivity contribution is -0.116. The summed E-state index contributed by atoms with van der Waals surface area (Å²) in [5.41, 5.74) is 2.10. The molecule has 4 heteroatoms. The van der Waals surface area contributed by atoms with E-state index >= 15 is 0 Å². The van der Waals surface area contributed by atoms with Crippen LogP contribution in [0.1, 0.15) is 39.2 Å². The molecule has 3 nitrogen and oxygen atoms in total. The number of anilines is 1. The molecule has 0 spiro atoms. The molecule has 0 aromatic heterocycles. The number of halogens is 1. The molecule has 0 radical (unpaired) electrons. The average molecular weight is 341 g/mol. The van der Waals surface area contributed by atoms with Crippen molar-refractivity contribution in [1.29, 1.82) is 0 Å². The highest BCUT2D eigenvalue weighted by molar-refractivity contribution is 9.10. The Balaban J connectivity index is 2.46. The molecule has 0 aliphatic rings. The monoisotopic (exact) mass is 340 g/mol. The van der Waals surface area contributed by atoms with E-state index in [4.69, 9.17) is 0 Å². The van der Waals surface area contributed by atoms with Gasteiger partial charge in [-0.2, -0.15) is 0 Å². The minimum atomic E-state index is 0.0890. The molecule has 1 amide bonds. The predicted molar refractivity (Wildman–Crippen MR) is 89.2 cm³/mol. The number of amides is 1. The van der Waals surface area contributed by atoms with Crippen molar-refractivity contribution < 1.29 is 4.79 Å². The second-order valence-corrected chi connectivity index (χ2v) is 5.70. The molecular formula is C16H25BrN2O. The molecule has 0 saturated carbocycles. The van der Waals surface area contributed by atoms with Gasteiger partial charge < -0.3 is 10.2 Å². The van der Waals surface area contributed by atoms with E-state index in [1.165, 1.54) is 5.56 Å². The largest absolute Gasteiger partial charge is 0.325 e. The molecule has 1 rings (SSSR count). The second-order valence-electron chi connectivity index (χ2n) is 4.85. The molecule has 20 heavy (non-hydrogen) atoms. The first-order valence-electron chi connectivity index (χ1n) is 7.41. The lowest BCUT2D eigenvalue weighted by Crippen LogP contribution is -2.25. The Labute approximate surface area is 130 Å². The number of nitrogens with zero attached hydrogens (tertiary/aromatic N) is 1. The Bertz CT molecular complexity index is 430. The summed E-state index contributed by atoms with van der Waals surface area (Å²) in [6.45, 7) is 9.48. The van der Waals surface area contributed by atoms with Crippen LogP contribution in [0.5, 0.6) is 0 Å². The van der Waals surface area contributed by atoms with E-state index in [1.54, 1.807) is 0 Å². The maximum absolute atomic E-state index is 12.0. The van der Waals surface area contributed by atoms with Crippen LogP contribution in [0.2, 0.25) is 0 Å². The van der Waals surface area contributed by atoms with Crippen molar-refractivity contribution in [3.8, 4) is 0 Å². The molecule has 0 unspecified atom stereocenters. The van der Waals surface area contributed by atoms with Crippen LogP contribution >= 0.6 is 15.9 Å². The highest BCUT2D eigenvalue weighted by Crippen LogP contribution is 2.24. The molecule has 112 valence electrons. The smallest absolute Gasteiger partial charge is 0.224 e. The van der Waals surface area contributed by atoms with Crippen molar-refractivity contribution in [2.75, 3.05) is 25.0 Å². The van der Waals surface area contributed by atoms with Crippen molar-refractivity contribution in [3.63, 3.8) is 0 Å². The minimum Gasteiger partial charge on any atom is -0.325 e. The maximum atomic E-state index is 12.0. The Morgan fingerprint density at radius 2 is 1.95 bits per heavy atom. The third-order valence-electron chi connectivity index (χ3n) is 3.49.